The highest BCUT2D eigenvalue weighted by Crippen LogP contribution is 2.26. The van der Waals surface area contributed by atoms with E-state index in [2.05, 4.69) is 19.9 Å². The number of piperazine rings is 1. The van der Waals surface area contributed by atoms with E-state index in [-0.39, 0.29) is 6.61 Å². The van der Waals surface area contributed by atoms with Crippen LogP contribution in [-0.2, 0) is 6.54 Å². The second kappa shape index (κ2) is 9.68. The number of ether oxygens (including phenoxy) is 1. The van der Waals surface area contributed by atoms with Crippen LogP contribution < -0.4 is 4.74 Å². The monoisotopic (exact) mass is 470 g/mol. The number of fused-ring (bicyclic) bond motifs is 1. The Kier molecular flexibility index (Phi) is 6.52. The van der Waals surface area contributed by atoms with E-state index in [0.29, 0.717) is 6.54 Å². The number of nitrogens with zero attached hydrogens (tertiary/aromatic N) is 4. The third-order valence-corrected chi connectivity index (χ3v) is 7.39. The molecule has 7 nitrogen and oxygen atoms in total. The van der Waals surface area contributed by atoms with Crippen LogP contribution in [0.15, 0.2) is 46.3 Å². The lowest BCUT2D eigenvalue weighted by Crippen LogP contribution is -2.48. The Labute approximate surface area is 194 Å². The Balaban J connectivity index is 1.05. The number of hydrogen-bond donors (Lipinski definition) is 1. The van der Waals surface area contributed by atoms with Crippen LogP contribution in [0.4, 0.5) is 0 Å². The van der Waals surface area contributed by atoms with Crippen molar-refractivity contribution in [2.75, 3.05) is 39.3 Å². The molecule has 168 valence electrons. The minimum atomic E-state index is -0.529. The maximum absolute atomic E-state index is 10.5. The Morgan fingerprint density at radius 2 is 2.00 bits per heavy atom. The van der Waals surface area contributed by atoms with Gasteiger partial charge in [-0.15, -0.1) is 22.7 Å². The van der Waals surface area contributed by atoms with Gasteiger partial charge in [0.2, 0.25) is 0 Å². The molecule has 1 aromatic carbocycles. The molecule has 1 fully saturated rings. The van der Waals surface area contributed by atoms with E-state index >= 15 is 0 Å². The summed E-state index contributed by atoms with van der Waals surface area (Å²) in [4.78, 5) is 10.3. The van der Waals surface area contributed by atoms with Crippen LogP contribution in [0.1, 0.15) is 10.7 Å². The smallest absolute Gasteiger partial charge is 0.177 e. The fourth-order valence-electron chi connectivity index (χ4n) is 3.94. The van der Waals surface area contributed by atoms with Gasteiger partial charge in [0.1, 0.15) is 18.5 Å². The predicted octanol–water partition coefficient (Wildman–Crippen LogP) is 3.88. The normalized spacial score (nSPS) is 16.6. The van der Waals surface area contributed by atoms with Gasteiger partial charge in [-0.25, -0.2) is 4.98 Å². The summed E-state index contributed by atoms with van der Waals surface area (Å²) in [7, 11) is 0. The number of thiophene rings is 1. The van der Waals surface area contributed by atoms with Crippen LogP contribution in [0.5, 0.6) is 5.75 Å². The highest BCUT2D eigenvalue weighted by atomic mass is 32.1. The maximum atomic E-state index is 10.5. The first-order valence-electron chi connectivity index (χ1n) is 10.7. The lowest BCUT2D eigenvalue weighted by atomic mass is 10.2. The van der Waals surface area contributed by atoms with E-state index < -0.39 is 6.10 Å². The number of β-amino-alcohol motifs (C(OH)–C–C–N with tert-alkyl or cyclic N) is 1. The highest BCUT2D eigenvalue weighted by Gasteiger charge is 2.21. The van der Waals surface area contributed by atoms with Crippen LogP contribution in [0.2, 0.25) is 0 Å². The molecular weight excluding hydrogens is 444 g/mol. The lowest BCUT2D eigenvalue weighted by molar-refractivity contribution is 0.0442. The fraction of sp³-hybridized carbons (Fsp3) is 0.391. The van der Waals surface area contributed by atoms with Crippen molar-refractivity contribution in [1.29, 1.82) is 0 Å². The molecule has 0 amide bonds. The number of aromatic nitrogens is 2. The van der Waals surface area contributed by atoms with E-state index in [9.17, 15) is 5.11 Å². The van der Waals surface area contributed by atoms with E-state index in [1.807, 2.05) is 48.7 Å². The van der Waals surface area contributed by atoms with Crippen molar-refractivity contribution in [1.82, 2.24) is 19.9 Å². The number of benzene rings is 1. The minimum Gasteiger partial charge on any atom is -0.491 e. The molecule has 1 aliphatic heterocycles. The molecule has 0 bridgehead atoms. The van der Waals surface area contributed by atoms with Crippen molar-refractivity contribution >= 4 is 32.9 Å². The van der Waals surface area contributed by atoms with Crippen molar-refractivity contribution in [2.45, 2.75) is 19.6 Å². The minimum absolute atomic E-state index is 0.277. The maximum Gasteiger partial charge on any atom is 0.177 e. The SMILES string of the molecule is Cc1nc2cc(OC[C@H](O)CN3CCN(Cc4cc(-c5cccs5)on4)CC3)ccc2s1. The molecule has 0 saturated carbocycles. The van der Waals surface area contributed by atoms with E-state index in [4.69, 9.17) is 9.26 Å². The molecule has 9 heteroatoms. The number of thiazole rings is 1. The van der Waals surface area contributed by atoms with Gasteiger partial charge < -0.3 is 14.4 Å². The molecular formula is C23H26N4O3S2. The number of aliphatic hydroxyl groups excluding tert-OH is 1. The second-order valence-electron chi connectivity index (χ2n) is 8.06. The van der Waals surface area contributed by atoms with Gasteiger partial charge in [-0.05, 0) is 30.5 Å². The van der Waals surface area contributed by atoms with Gasteiger partial charge in [-0.1, -0.05) is 11.2 Å². The van der Waals surface area contributed by atoms with E-state index in [1.54, 1.807) is 22.7 Å². The van der Waals surface area contributed by atoms with Crippen molar-refractivity contribution in [3.63, 3.8) is 0 Å². The van der Waals surface area contributed by atoms with Gasteiger partial charge in [-0.3, -0.25) is 9.80 Å². The van der Waals surface area contributed by atoms with Gasteiger partial charge in [0.05, 0.1) is 25.8 Å². The van der Waals surface area contributed by atoms with Crippen molar-refractivity contribution in [2.24, 2.45) is 0 Å². The van der Waals surface area contributed by atoms with E-state index in [1.165, 1.54) is 0 Å². The van der Waals surface area contributed by atoms with Crippen LogP contribution in [0.25, 0.3) is 20.9 Å². The third kappa shape index (κ3) is 5.19. The fourth-order valence-corrected chi connectivity index (χ4v) is 5.42. The zero-order valence-electron chi connectivity index (χ0n) is 17.9. The molecule has 3 aromatic heterocycles. The summed E-state index contributed by atoms with van der Waals surface area (Å²) < 4.78 is 12.5. The summed E-state index contributed by atoms with van der Waals surface area (Å²) in [5.41, 5.74) is 1.91. The van der Waals surface area contributed by atoms with Gasteiger partial charge in [0, 0.05) is 51.4 Å². The average Bonchev–Trinajstić information content (AvgIpc) is 3.53. The molecule has 0 spiro atoms. The van der Waals surface area contributed by atoms with Gasteiger partial charge in [0.25, 0.3) is 0 Å². The van der Waals surface area contributed by atoms with Gasteiger partial charge in [0.15, 0.2) is 5.76 Å². The Morgan fingerprint density at radius 1 is 1.16 bits per heavy atom. The average molecular weight is 471 g/mol. The molecule has 1 saturated heterocycles. The van der Waals surface area contributed by atoms with Gasteiger partial charge in [-0.2, -0.15) is 0 Å². The molecule has 1 atom stereocenters. The van der Waals surface area contributed by atoms with Crippen LogP contribution in [0.3, 0.4) is 0 Å². The molecule has 0 aliphatic carbocycles. The predicted molar refractivity (Wildman–Crippen MR) is 127 cm³/mol. The standard InChI is InChI=1S/C23H26N4O3S2/c1-16-24-20-12-19(4-5-22(20)32-16)29-15-18(28)14-27-8-6-26(7-9-27)13-17-11-21(30-25-17)23-3-2-10-31-23/h2-5,10-12,18,28H,6-9,13-15H2,1H3/t18-/m1/s1. The number of hydrogen-bond acceptors (Lipinski definition) is 9. The molecule has 1 aliphatic rings. The van der Waals surface area contributed by atoms with Gasteiger partial charge >= 0.3 is 0 Å². The largest absolute Gasteiger partial charge is 0.491 e. The third-order valence-electron chi connectivity index (χ3n) is 5.55. The number of aliphatic hydroxyl groups is 1. The Morgan fingerprint density at radius 3 is 2.81 bits per heavy atom. The van der Waals surface area contributed by atoms with Crippen LogP contribution in [0, 0.1) is 6.92 Å². The Hall–Kier alpha value is -2.30. The van der Waals surface area contributed by atoms with Crippen molar-refractivity contribution < 1.29 is 14.4 Å². The second-order valence-corrected chi connectivity index (χ2v) is 10.2. The molecule has 4 heterocycles. The molecule has 0 unspecified atom stereocenters. The number of aryl methyl sites for hydroxylation is 1. The zero-order chi connectivity index (χ0) is 21.9. The molecule has 0 radical (unpaired) electrons. The van der Waals surface area contributed by atoms with E-state index in [0.717, 1.165) is 70.0 Å². The molecule has 5 rings (SSSR count). The quantitative estimate of drug-likeness (QED) is 0.419. The lowest BCUT2D eigenvalue weighted by Gasteiger charge is -2.35. The summed E-state index contributed by atoms with van der Waals surface area (Å²) in [5, 5.41) is 17.8. The molecule has 1 N–H and O–H groups in total. The Bertz CT molecular complexity index is 1150. The summed E-state index contributed by atoms with van der Waals surface area (Å²) in [5.74, 6) is 1.59. The topological polar surface area (TPSA) is 74.9 Å². The highest BCUT2D eigenvalue weighted by molar-refractivity contribution is 7.18. The summed E-state index contributed by atoms with van der Waals surface area (Å²) in [6, 6.07) is 12.0. The summed E-state index contributed by atoms with van der Waals surface area (Å²) in [6.07, 6.45) is -0.529. The summed E-state index contributed by atoms with van der Waals surface area (Å²) >= 11 is 3.33. The number of rotatable bonds is 8. The molecule has 4 aromatic rings. The first-order valence-corrected chi connectivity index (χ1v) is 12.4. The first kappa shape index (κ1) is 21.5. The first-order chi connectivity index (χ1) is 15.6. The van der Waals surface area contributed by atoms with Crippen LogP contribution >= 0.6 is 22.7 Å². The van der Waals surface area contributed by atoms with Crippen LogP contribution in [-0.4, -0.2) is 70.5 Å². The zero-order valence-corrected chi connectivity index (χ0v) is 19.6. The van der Waals surface area contributed by atoms with Crippen molar-refractivity contribution in [3.05, 3.63) is 52.5 Å². The van der Waals surface area contributed by atoms with Crippen molar-refractivity contribution in [3.8, 4) is 16.4 Å². The summed E-state index contributed by atoms with van der Waals surface area (Å²) in [6.45, 7) is 7.38. The molecule has 32 heavy (non-hydrogen) atoms.